The average Bonchev–Trinajstić information content (AvgIpc) is 3.08. The Morgan fingerprint density at radius 2 is 2.17 bits per heavy atom. The molecular weight excluding hydrogens is 326 g/mol. The molecular formula is C18H20ClN3O2. The van der Waals surface area contributed by atoms with E-state index < -0.39 is 0 Å². The molecule has 0 unspecified atom stereocenters. The Morgan fingerprint density at radius 3 is 2.96 bits per heavy atom. The lowest BCUT2D eigenvalue weighted by Gasteiger charge is -2.21. The Morgan fingerprint density at radius 1 is 1.33 bits per heavy atom. The second-order valence-electron chi connectivity index (χ2n) is 5.76. The first-order valence-electron chi connectivity index (χ1n) is 8.19. The van der Waals surface area contributed by atoms with E-state index in [2.05, 4.69) is 23.1 Å². The zero-order valence-corrected chi connectivity index (χ0v) is 14.4. The van der Waals surface area contributed by atoms with E-state index in [9.17, 15) is 4.79 Å². The number of carbonyl (C=O) groups is 1. The van der Waals surface area contributed by atoms with Crippen LogP contribution in [-0.2, 0) is 6.54 Å². The first-order valence-corrected chi connectivity index (χ1v) is 8.57. The van der Waals surface area contributed by atoms with Gasteiger partial charge in [-0.05, 0) is 49.8 Å². The second-order valence-corrected chi connectivity index (χ2v) is 6.17. The van der Waals surface area contributed by atoms with E-state index in [4.69, 9.17) is 16.3 Å². The molecule has 0 N–H and O–H groups in total. The highest BCUT2D eigenvalue weighted by Crippen LogP contribution is 2.33. The maximum absolute atomic E-state index is 11.2. The molecule has 2 heterocycles. The molecule has 0 amide bonds. The van der Waals surface area contributed by atoms with Gasteiger partial charge in [0.15, 0.2) is 6.29 Å². The number of pyridine rings is 1. The molecule has 1 aliphatic rings. The number of halogens is 1. The van der Waals surface area contributed by atoms with E-state index in [1.807, 2.05) is 10.9 Å². The lowest BCUT2D eigenvalue weighted by Crippen LogP contribution is -2.12. The molecule has 126 valence electrons. The average molecular weight is 346 g/mol. The van der Waals surface area contributed by atoms with E-state index >= 15 is 0 Å². The molecule has 3 rings (SSSR count). The fraction of sp³-hybridized carbons (Fsp3) is 0.389. The third-order valence-electron chi connectivity index (χ3n) is 4.33. The number of rotatable bonds is 6. The van der Waals surface area contributed by atoms with Crippen molar-refractivity contribution in [3.63, 3.8) is 0 Å². The van der Waals surface area contributed by atoms with Gasteiger partial charge in [0.2, 0.25) is 0 Å². The molecule has 2 aromatic rings. The number of hydrogen-bond donors (Lipinski definition) is 0. The molecule has 24 heavy (non-hydrogen) atoms. The molecule has 1 aliphatic carbocycles. The molecule has 0 aromatic carbocycles. The van der Waals surface area contributed by atoms with Crippen LogP contribution >= 0.6 is 11.6 Å². The lowest BCUT2D eigenvalue weighted by molar-refractivity contribution is 0.112. The summed E-state index contributed by atoms with van der Waals surface area (Å²) in [4.78, 5) is 15.2. The highest BCUT2D eigenvalue weighted by atomic mass is 35.5. The van der Waals surface area contributed by atoms with Gasteiger partial charge in [0.05, 0.1) is 22.5 Å². The van der Waals surface area contributed by atoms with Crippen LogP contribution in [0.15, 0.2) is 30.2 Å². The topological polar surface area (TPSA) is 57.0 Å². The number of allylic oxidation sites excluding steroid dienone is 1. The van der Waals surface area contributed by atoms with Crippen LogP contribution in [0, 0.1) is 0 Å². The SMILES string of the molecule is CCn1nccc1C1=C(COc2cncc(Cl)c2C=O)CCCC1. The van der Waals surface area contributed by atoms with Crippen molar-refractivity contribution in [3.8, 4) is 5.75 Å². The third-order valence-corrected chi connectivity index (χ3v) is 4.63. The van der Waals surface area contributed by atoms with Crippen LogP contribution in [0.25, 0.3) is 5.57 Å². The summed E-state index contributed by atoms with van der Waals surface area (Å²) >= 11 is 6.00. The van der Waals surface area contributed by atoms with Crippen LogP contribution in [-0.4, -0.2) is 27.7 Å². The fourth-order valence-corrected chi connectivity index (χ4v) is 3.29. The van der Waals surface area contributed by atoms with Crippen molar-refractivity contribution in [2.24, 2.45) is 0 Å². The van der Waals surface area contributed by atoms with E-state index in [1.165, 1.54) is 30.0 Å². The van der Waals surface area contributed by atoms with Gasteiger partial charge >= 0.3 is 0 Å². The molecule has 0 atom stereocenters. The summed E-state index contributed by atoms with van der Waals surface area (Å²) < 4.78 is 7.90. The van der Waals surface area contributed by atoms with Gasteiger partial charge in [-0.1, -0.05) is 11.6 Å². The van der Waals surface area contributed by atoms with Crippen molar-refractivity contribution in [3.05, 3.63) is 46.5 Å². The number of aromatic nitrogens is 3. The van der Waals surface area contributed by atoms with Gasteiger partial charge in [0.1, 0.15) is 12.4 Å². The number of hydrogen-bond acceptors (Lipinski definition) is 4. The van der Waals surface area contributed by atoms with Crippen LogP contribution < -0.4 is 4.74 Å². The maximum atomic E-state index is 11.2. The lowest BCUT2D eigenvalue weighted by atomic mass is 9.90. The summed E-state index contributed by atoms with van der Waals surface area (Å²) in [5.41, 5.74) is 4.08. The van der Waals surface area contributed by atoms with Crippen molar-refractivity contribution < 1.29 is 9.53 Å². The molecule has 0 radical (unpaired) electrons. The van der Waals surface area contributed by atoms with Crippen LogP contribution in [0.5, 0.6) is 5.75 Å². The summed E-state index contributed by atoms with van der Waals surface area (Å²) in [6.45, 7) is 3.37. The van der Waals surface area contributed by atoms with Crippen molar-refractivity contribution in [2.75, 3.05) is 6.61 Å². The number of ether oxygens (including phenoxy) is 1. The largest absolute Gasteiger partial charge is 0.487 e. The Kier molecular flexibility index (Phi) is 5.30. The van der Waals surface area contributed by atoms with E-state index in [-0.39, 0.29) is 0 Å². The minimum absolute atomic E-state index is 0.310. The number of aryl methyl sites for hydroxylation is 1. The van der Waals surface area contributed by atoms with Crippen molar-refractivity contribution >= 4 is 23.5 Å². The summed E-state index contributed by atoms with van der Waals surface area (Å²) in [7, 11) is 0. The Balaban J connectivity index is 1.87. The second kappa shape index (κ2) is 7.62. The van der Waals surface area contributed by atoms with Crippen molar-refractivity contribution in [1.29, 1.82) is 0 Å². The fourth-order valence-electron chi connectivity index (χ4n) is 3.10. The van der Waals surface area contributed by atoms with E-state index in [0.29, 0.717) is 29.2 Å². The number of nitrogens with zero attached hydrogens (tertiary/aromatic N) is 3. The highest BCUT2D eigenvalue weighted by molar-refractivity contribution is 6.33. The maximum Gasteiger partial charge on any atom is 0.155 e. The minimum Gasteiger partial charge on any atom is -0.487 e. The molecule has 0 fully saturated rings. The molecule has 0 aliphatic heterocycles. The molecule has 6 heteroatoms. The predicted octanol–water partition coefficient (Wildman–Crippen LogP) is 4.17. The zero-order chi connectivity index (χ0) is 16.9. The van der Waals surface area contributed by atoms with Gasteiger partial charge in [0, 0.05) is 18.9 Å². The standard InChI is InChI=1S/C18H20ClN3O2/c1-2-22-17(7-8-21-22)14-6-4-3-5-13(14)12-24-18-10-20-9-16(19)15(18)11-23/h7-11H,2-6,12H2,1H3. The third kappa shape index (κ3) is 3.36. The van der Waals surface area contributed by atoms with E-state index in [0.717, 1.165) is 31.5 Å². The van der Waals surface area contributed by atoms with Crippen LogP contribution in [0.1, 0.15) is 48.7 Å². The highest BCUT2D eigenvalue weighted by Gasteiger charge is 2.18. The molecule has 0 saturated heterocycles. The summed E-state index contributed by atoms with van der Waals surface area (Å²) in [5, 5.41) is 4.68. The zero-order valence-electron chi connectivity index (χ0n) is 13.7. The smallest absolute Gasteiger partial charge is 0.155 e. The first-order chi connectivity index (χ1) is 11.7. The Bertz CT molecular complexity index is 767. The van der Waals surface area contributed by atoms with Crippen LogP contribution in [0.2, 0.25) is 5.02 Å². The number of carbonyl (C=O) groups excluding carboxylic acids is 1. The number of aldehydes is 1. The molecule has 0 spiro atoms. The Labute approximate surface area is 146 Å². The van der Waals surface area contributed by atoms with Gasteiger partial charge in [-0.25, -0.2) is 0 Å². The van der Waals surface area contributed by atoms with Gasteiger partial charge in [0.25, 0.3) is 0 Å². The van der Waals surface area contributed by atoms with Gasteiger partial charge in [-0.15, -0.1) is 0 Å². The van der Waals surface area contributed by atoms with Crippen molar-refractivity contribution in [1.82, 2.24) is 14.8 Å². The molecule has 0 bridgehead atoms. The Hall–Kier alpha value is -2.14. The van der Waals surface area contributed by atoms with E-state index in [1.54, 1.807) is 0 Å². The van der Waals surface area contributed by atoms with Gasteiger partial charge in [-0.3, -0.25) is 14.5 Å². The summed E-state index contributed by atoms with van der Waals surface area (Å²) in [6.07, 6.45) is 9.88. The monoisotopic (exact) mass is 345 g/mol. The van der Waals surface area contributed by atoms with Gasteiger partial charge < -0.3 is 4.74 Å². The van der Waals surface area contributed by atoms with Crippen LogP contribution in [0.3, 0.4) is 0 Å². The van der Waals surface area contributed by atoms with Gasteiger partial charge in [-0.2, -0.15) is 5.10 Å². The van der Waals surface area contributed by atoms with Crippen molar-refractivity contribution in [2.45, 2.75) is 39.2 Å². The molecule has 5 nitrogen and oxygen atoms in total. The van der Waals surface area contributed by atoms with Crippen LogP contribution in [0.4, 0.5) is 0 Å². The quantitative estimate of drug-likeness (QED) is 0.737. The normalized spacial score (nSPS) is 14.8. The summed E-state index contributed by atoms with van der Waals surface area (Å²) in [6, 6.07) is 2.06. The molecule has 2 aromatic heterocycles. The minimum atomic E-state index is 0.310. The first kappa shape index (κ1) is 16.7. The summed E-state index contributed by atoms with van der Waals surface area (Å²) in [5.74, 6) is 0.430. The molecule has 0 saturated carbocycles. The predicted molar refractivity (Wildman–Crippen MR) is 93.4 cm³/mol.